The third-order valence-electron chi connectivity index (χ3n) is 8.09. The Morgan fingerprint density at radius 3 is 2.40 bits per heavy atom. The van der Waals surface area contributed by atoms with E-state index in [1.54, 1.807) is 26.8 Å². The molecule has 254 valence electrons. The number of hydrogen-bond acceptors (Lipinski definition) is 7. The van der Waals surface area contributed by atoms with E-state index in [0.29, 0.717) is 18.4 Å². The van der Waals surface area contributed by atoms with Crippen molar-refractivity contribution in [3.63, 3.8) is 0 Å². The van der Waals surface area contributed by atoms with Crippen molar-refractivity contribution in [3.05, 3.63) is 58.5 Å². The molecule has 1 unspecified atom stereocenters. The molecule has 47 heavy (non-hydrogen) atoms. The Morgan fingerprint density at radius 2 is 1.79 bits per heavy atom. The van der Waals surface area contributed by atoms with E-state index in [9.17, 15) is 34.6 Å². The van der Waals surface area contributed by atoms with E-state index in [4.69, 9.17) is 4.74 Å². The zero-order valence-corrected chi connectivity index (χ0v) is 27.8. The molecule has 2 aromatic carbocycles. The molecule has 5 atom stereocenters. The first-order chi connectivity index (χ1) is 22.2. The van der Waals surface area contributed by atoms with Crippen LogP contribution in [0.25, 0.3) is 21.2 Å². The van der Waals surface area contributed by atoms with Crippen LogP contribution in [0.3, 0.4) is 0 Å². The van der Waals surface area contributed by atoms with Gasteiger partial charge >= 0.3 is 12.1 Å². The average molecular weight is 652 g/mol. The van der Waals surface area contributed by atoms with Gasteiger partial charge in [-0.25, -0.2) is 9.59 Å². The Bertz CT molecular complexity index is 1520. The summed E-state index contributed by atoms with van der Waals surface area (Å²) in [5.41, 5.74) is 9.12. The first-order valence-corrected chi connectivity index (χ1v) is 15.8. The van der Waals surface area contributed by atoms with Crippen molar-refractivity contribution >= 4 is 40.6 Å². The first-order valence-electron chi connectivity index (χ1n) is 15.8. The van der Waals surface area contributed by atoms with Crippen molar-refractivity contribution in [1.82, 2.24) is 20.4 Å². The van der Waals surface area contributed by atoms with Crippen LogP contribution < -0.4 is 10.6 Å². The molecule has 2 aromatic rings. The van der Waals surface area contributed by atoms with Crippen LogP contribution in [0.1, 0.15) is 65.9 Å². The summed E-state index contributed by atoms with van der Waals surface area (Å²) in [4.78, 5) is 71.0. The van der Waals surface area contributed by atoms with E-state index in [2.05, 4.69) is 20.7 Å². The van der Waals surface area contributed by atoms with Crippen molar-refractivity contribution in [2.24, 2.45) is 5.11 Å². The number of carboxylic acids is 1. The summed E-state index contributed by atoms with van der Waals surface area (Å²) in [6, 6.07) is 7.54. The molecule has 1 fully saturated rings. The number of azide groups is 1. The Labute approximate surface area is 274 Å². The third kappa shape index (κ3) is 9.82. The smallest absolute Gasteiger partial charge is 0.410 e. The van der Waals surface area contributed by atoms with E-state index in [-0.39, 0.29) is 25.8 Å². The summed E-state index contributed by atoms with van der Waals surface area (Å²) in [6.07, 6.45) is 0.986. The maximum atomic E-state index is 14.0. The zero-order valence-electron chi connectivity index (χ0n) is 27.8. The number of benzene rings is 2. The quantitative estimate of drug-likeness (QED) is 0.164. The summed E-state index contributed by atoms with van der Waals surface area (Å²) in [7, 11) is 1.42. The standard InChI is InChI=1S/C33H45N7O7/c1-7-8-13-25(35-28(41)20(2)39(6)32(46)47-33(3,4)5)30(43)40-17-16-24(37-38-34)27(40)29(42)36-26(31(44)45)19-21-14-15-22-11-9-10-12-23(22)18-21/h9-12,14-15,18,20,24-27H,7-8,13,16-17,19H2,1-6H3,(H,35,41)(H,36,42)(H,44,45)/t20-,24?,25+,26-,27-/m0/s1. The molecule has 4 amide bonds. The van der Waals surface area contributed by atoms with Crippen LogP contribution in [0.5, 0.6) is 0 Å². The largest absolute Gasteiger partial charge is 0.480 e. The van der Waals surface area contributed by atoms with E-state index >= 15 is 0 Å². The van der Waals surface area contributed by atoms with E-state index in [0.717, 1.165) is 15.7 Å². The molecule has 1 saturated heterocycles. The minimum atomic E-state index is -1.33. The van der Waals surface area contributed by atoms with Crippen LogP contribution in [0, 0.1) is 0 Å². The molecule has 0 saturated carbocycles. The SMILES string of the molecule is CCCC[C@@H](NC(=O)[C@H](C)N(C)C(=O)OC(C)(C)C)C(=O)N1CCC(N=[N+]=[N-])[C@H]1C(=O)N[C@@H](Cc1ccc2ccccc2c1)C(=O)O. The van der Waals surface area contributed by atoms with Gasteiger partial charge in [0, 0.05) is 24.9 Å². The van der Waals surface area contributed by atoms with Crippen LogP contribution >= 0.6 is 0 Å². The monoisotopic (exact) mass is 651 g/mol. The number of nitrogens with one attached hydrogen (secondary N) is 2. The lowest BCUT2D eigenvalue weighted by Gasteiger charge is -2.32. The topological polar surface area (TPSA) is 194 Å². The molecule has 3 N–H and O–H groups in total. The van der Waals surface area contributed by atoms with Crippen LogP contribution in [-0.2, 0) is 30.3 Å². The van der Waals surface area contributed by atoms with Crippen LogP contribution in [0.2, 0.25) is 0 Å². The predicted molar refractivity (Wildman–Crippen MR) is 175 cm³/mol. The fraction of sp³-hybridized carbons (Fsp3) is 0.545. The Morgan fingerprint density at radius 1 is 1.11 bits per heavy atom. The van der Waals surface area contributed by atoms with Gasteiger partial charge in [0.25, 0.3) is 0 Å². The van der Waals surface area contributed by atoms with Crippen molar-refractivity contribution in [2.75, 3.05) is 13.6 Å². The van der Waals surface area contributed by atoms with Gasteiger partial charge in [0.05, 0.1) is 6.04 Å². The highest BCUT2D eigenvalue weighted by atomic mass is 16.6. The number of carboxylic acid groups (broad SMARTS) is 1. The molecular formula is C33H45N7O7. The second kappa shape index (κ2) is 16.1. The van der Waals surface area contributed by atoms with Gasteiger partial charge in [0.2, 0.25) is 17.7 Å². The average Bonchev–Trinajstić information content (AvgIpc) is 3.44. The fourth-order valence-corrected chi connectivity index (χ4v) is 5.41. The van der Waals surface area contributed by atoms with Crippen LogP contribution in [0.4, 0.5) is 4.79 Å². The van der Waals surface area contributed by atoms with Crippen molar-refractivity contribution < 1.29 is 33.8 Å². The minimum absolute atomic E-state index is 0.0169. The summed E-state index contributed by atoms with van der Waals surface area (Å²) in [5, 5.41) is 20.9. The number of nitrogens with zero attached hydrogens (tertiary/aromatic N) is 5. The molecule has 0 aliphatic carbocycles. The van der Waals surface area contributed by atoms with Gasteiger partial charge in [-0.05, 0) is 62.4 Å². The lowest BCUT2D eigenvalue weighted by atomic mass is 10.0. The summed E-state index contributed by atoms with van der Waals surface area (Å²) in [5.74, 6) is -3.21. The number of amides is 4. The molecule has 0 radical (unpaired) electrons. The summed E-state index contributed by atoms with van der Waals surface area (Å²) >= 11 is 0. The first kappa shape index (κ1) is 36.6. The lowest BCUT2D eigenvalue weighted by molar-refractivity contribution is -0.145. The van der Waals surface area contributed by atoms with Gasteiger partial charge < -0.3 is 25.4 Å². The Kier molecular flexibility index (Phi) is 12.6. The van der Waals surface area contributed by atoms with Crippen molar-refractivity contribution in [2.45, 2.75) is 103 Å². The number of likely N-dealkylation sites (tertiary alicyclic amines) is 1. The number of ether oxygens (including phenoxy) is 1. The number of carbonyl (C=O) groups is 5. The van der Waals surface area contributed by atoms with Gasteiger partial charge in [-0.3, -0.25) is 19.3 Å². The lowest BCUT2D eigenvalue weighted by Crippen LogP contribution is -2.58. The number of rotatable bonds is 13. The number of hydrogen-bond donors (Lipinski definition) is 3. The molecule has 14 heteroatoms. The van der Waals surface area contributed by atoms with Gasteiger partial charge in [-0.15, -0.1) is 0 Å². The zero-order chi connectivity index (χ0) is 34.9. The highest BCUT2D eigenvalue weighted by Gasteiger charge is 2.44. The number of fused-ring (bicyclic) bond motifs is 1. The summed E-state index contributed by atoms with van der Waals surface area (Å²) in [6.45, 7) is 8.60. The van der Waals surface area contributed by atoms with Gasteiger partial charge in [-0.2, -0.15) is 0 Å². The van der Waals surface area contributed by atoms with Crippen LogP contribution in [0.15, 0.2) is 47.6 Å². The fourth-order valence-electron chi connectivity index (χ4n) is 5.41. The minimum Gasteiger partial charge on any atom is -0.480 e. The Hall–Kier alpha value is -4.84. The maximum Gasteiger partial charge on any atom is 0.410 e. The molecule has 1 heterocycles. The highest BCUT2D eigenvalue weighted by Crippen LogP contribution is 2.25. The van der Waals surface area contributed by atoms with Crippen LogP contribution in [-0.4, -0.2) is 94.1 Å². The maximum absolute atomic E-state index is 14.0. The highest BCUT2D eigenvalue weighted by molar-refractivity contribution is 5.95. The third-order valence-corrected chi connectivity index (χ3v) is 8.09. The van der Waals surface area contributed by atoms with Gasteiger partial charge in [0.15, 0.2) is 0 Å². The molecule has 1 aliphatic heterocycles. The Balaban J connectivity index is 1.81. The molecule has 0 aromatic heterocycles. The molecule has 3 rings (SSSR count). The van der Waals surface area contributed by atoms with E-state index in [1.807, 2.05) is 43.3 Å². The van der Waals surface area contributed by atoms with E-state index < -0.39 is 65.6 Å². The number of likely N-dealkylation sites (N-methyl/N-ethyl adjacent to an activating group) is 1. The van der Waals surface area contributed by atoms with Crippen molar-refractivity contribution in [1.29, 1.82) is 0 Å². The number of carbonyl (C=O) groups excluding carboxylic acids is 4. The molecular weight excluding hydrogens is 606 g/mol. The second-order valence-electron chi connectivity index (χ2n) is 12.8. The molecule has 1 aliphatic rings. The van der Waals surface area contributed by atoms with Crippen molar-refractivity contribution in [3.8, 4) is 0 Å². The summed E-state index contributed by atoms with van der Waals surface area (Å²) < 4.78 is 5.36. The molecule has 0 bridgehead atoms. The molecule has 0 spiro atoms. The number of aliphatic carboxylic acids is 1. The normalized spacial score (nSPS) is 18.0. The second-order valence-corrected chi connectivity index (χ2v) is 12.8. The predicted octanol–water partition coefficient (Wildman–Crippen LogP) is 4.16. The van der Waals surface area contributed by atoms with Gasteiger partial charge in [0.1, 0.15) is 29.8 Å². The van der Waals surface area contributed by atoms with Gasteiger partial charge in [-0.1, -0.05) is 67.3 Å². The molecule has 14 nitrogen and oxygen atoms in total. The number of unbranched alkanes of at least 4 members (excludes halogenated alkanes) is 1. The van der Waals surface area contributed by atoms with E-state index in [1.165, 1.54) is 18.9 Å².